The standard InChI is InChI=1S/C29H27N3O5S/c1-4-36-24(33)17-31-16-20(21-13-9-10-14-22(21)31)15-23-27(34)32-26(19-11-7-6-8-12-19)25(28(35)37-5-2)18(3)30-29(32)38-23/h6-16,26H,4-5,17H2,1-3H3/b23-15-. The number of thiazole rings is 1. The second kappa shape index (κ2) is 10.6. The summed E-state index contributed by atoms with van der Waals surface area (Å²) < 4.78 is 14.3. The van der Waals surface area contributed by atoms with Crippen molar-refractivity contribution in [1.29, 1.82) is 0 Å². The first-order valence-corrected chi connectivity index (χ1v) is 13.2. The van der Waals surface area contributed by atoms with Crippen LogP contribution in [0, 0.1) is 0 Å². The second-order valence-corrected chi connectivity index (χ2v) is 9.76. The quantitative estimate of drug-likeness (QED) is 0.343. The van der Waals surface area contributed by atoms with E-state index in [1.54, 1.807) is 25.3 Å². The minimum Gasteiger partial charge on any atom is -0.465 e. The maximum Gasteiger partial charge on any atom is 0.338 e. The molecular weight excluding hydrogens is 502 g/mol. The number of nitrogens with zero attached hydrogens (tertiary/aromatic N) is 3. The van der Waals surface area contributed by atoms with Crippen LogP contribution in [0.1, 0.15) is 37.9 Å². The van der Waals surface area contributed by atoms with Crippen LogP contribution < -0.4 is 14.9 Å². The van der Waals surface area contributed by atoms with Crippen LogP contribution in [0.5, 0.6) is 0 Å². The van der Waals surface area contributed by atoms with Gasteiger partial charge in [-0.2, -0.15) is 0 Å². The molecule has 2 aromatic heterocycles. The number of benzene rings is 2. The van der Waals surface area contributed by atoms with E-state index in [0.717, 1.165) is 22.0 Å². The summed E-state index contributed by atoms with van der Waals surface area (Å²) in [5.41, 5.74) is 3.08. The number of carbonyl (C=O) groups is 2. The van der Waals surface area contributed by atoms with Crippen LogP contribution in [0.4, 0.5) is 0 Å². The highest BCUT2D eigenvalue weighted by Crippen LogP contribution is 2.30. The number of fused-ring (bicyclic) bond motifs is 2. The highest BCUT2D eigenvalue weighted by atomic mass is 32.1. The zero-order valence-electron chi connectivity index (χ0n) is 21.3. The number of esters is 2. The first-order chi connectivity index (χ1) is 18.4. The fraction of sp³-hybridized carbons (Fsp3) is 0.241. The molecule has 0 radical (unpaired) electrons. The molecule has 0 amide bonds. The third-order valence-electron chi connectivity index (χ3n) is 6.34. The van der Waals surface area contributed by atoms with Crippen molar-refractivity contribution >= 4 is 40.3 Å². The van der Waals surface area contributed by atoms with Crippen molar-refractivity contribution in [2.75, 3.05) is 13.2 Å². The molecule has 5 rings (SSSR count). The molecule has 0 N–H and O–H groups in total. The van der Waals surface area contributed by atoms with Gasteiger partial charge in [-0.3, -0.25) is 14.2 Å². The van der Waals surface area contributed by atoms with Crippen LogP contribution in [0.3, 0.4) is 0 Å². The molecule has 0 saturated heterocycles. The van der Waals surface area contributed by atoms with E-state index in [1.807, 2.05) is 71.4 Å². The lowest BCUT2D eigenvalue weighted by Gasteiger charge is -2.24. The molecule has 38 heavy (non-hydrogen) atoms. The second-order valence-electron chi connectivity index (χ2n) is 8.75. The Morgan fingerprint density at radius 2 is 1.74 bits per heavy atom. The van der Waals surface area contributed by atoms with Crippen molar-refractivity contribution in [1.82, 2.24) is 9.13 Å². The summed E-state index contributed by atoms with van der Waals surface area (Å²) in [6.07, 6.45) is 3.67. The van der Waals surface area contributed by atoms with Gasteiger partial charge >= 0.3 is 11.9 Å². The molecule has 0 aliphatic carbocycles. The van der Waals surface area contributed by atoms with Gasteiger partial charge in [-0.05, 0) is 38.5 Å². The van der Waals surface area contributed by atoms with E-state index in [0.29, 0.717) is 27.2 Å². The third kappa shape index (κ3) is 4.61. The summed E-state index contributed by atoms with van der Waals surface area (Å²) in [4.78, 5) is 44.2. The topological polar surface area (TPSA) is 91.9 Å². The van der Waals surface area contributed by atoms with Crippen molar-refractivity contribution in [3.8, 4) is 0 Å². The fourth-order valence-electron chi connectivity index (χ4n) is 4.75. The molecule has 0 fully saturated rings. The van der Waals surface area contributed by atoms with E-state index in [4.69, 9.17) is 9.47 Å². The number of ether oxygens (including phenoxy) is 2. The van der Waals surface area contributed by atoms with Gasteiger partial charge in [0.2, 0.25) is 0 Å². The van der Waals surface area contributed by atoms with E-state index in [9.17, 15) is 14.4 Å². The smallest absolute Gasteiger partial charge is 0.338 e. The van der Waals surface area contributed by atoms with Crippen LogP contribution in [0.15, 0.2) is 81.9 Å². The van der Waals surface area contributed by atoms with Crippen LogP contribution in [-0.2, 0) is 25.6 Å². The van der Waals surface area contributed by atoms with Crippen molar-refractivity contribution in [3.05, 3.63) is 103 Å². The van der Waals surface area contributed by atoms with E-state index >= 15 is 0 Å². The third-order valence-corrected chi connectivity index (χ3v) is 7.33. The SMILES string of the molecule is CCOC(=O)Cn1cc(/C=c2\sc3n(c2=O)C(c2ccccc2)C(C(=O)OCC)=C(C)N=3)c2ccccc21. The number of allylic oxidation sites excluding steroid dienone is 1. The van der Waals surface area contributed by atoms with Gasteiger partial charge in [0, 0.05) is 22.7 Å². The molecule has 0 saturated carbocycles. The molecule has 2 aromatic carbocycles. The Morgan fingerprint density at radius 1 is 1.03 bits per heavy atom. The molecule has 1 unspecified atom stereocenters. The number of rotatable bonds is 7. The van der Waals surface area contributed by atoms with Crippen molar-refractivity contribution in [3.63, 3.8) is 0 Å². The fourth-order valence-corrected chi connectivity index (χ4v) is 5.79. The number of aromatic nitrogens is 2. The summed E-state index contributed by atoms with van der Waals surface area (Å²) in [5.74, 6) is -0.817. The molecule has 3 heterocycles. The van der Waals surface area contributed by atoms with Gasteiger partial charge in [0.25, 0.3) is 5.56 Å². The zero-order valence-corrected chi connectivity index (χ0v) is 22.2. The highest BCUT2D eigenvalue weighted by Gasteiger charge is 2.33. The Morgan fingerprint density at radius 3 is 2.47 bits per heavy atom. The molecule has 0 bridgehead atoms. The summed E-state index contributed by atoms with van der Waals surface area (Å²) in [6.45, 7) is 5.88. The molecule has 4 aromatic rings. The normalized spacial score (nSPS) is 15.3. The van der Waals surface area contributed by atoms with E-state index in [-0.39, 0.29) is 24.7 Å². The molecule has 1 aliphatic heterocycles. The van der Waals surface area contributed by atoms with Gasteiger partial charge in [0.05, 0.1) is 35.1 Å². The Hall–Kier alpha value is -4.24. The van der Waals surface area contributed by atoms with Gasteiger partial charge in [0.1, 0.15) is 6.54 Å². The Kier molecular flexibility index (Phi) is 7.11. The number of hydrogen-bond donors (Lipinski definition) is 0. The maximum absolute atomic E-state index is 13.9. The predicted molar refractivity (Wildman–Crippen MR) is 145 cm³/mol. The van der Waals surface area contributed by atoms with Crippen LogP contribution in [0.2, 0.25) is 0 Å². The van der Waals surface area contributed by atoms with Gasteiger partial charge in [-0.25, -0.2) is 9.79 Å². The summed E-state index contributed by atoms with van der Waals surface area (Å²) in [5, 5.41) is 0.908. The molecule has 194 valence electrons. The van der Waals surface area contributed by atoms with Crippen LogP contribution in [-0.4, -0.2) is 34.3 Å². The minimum atomic E-state index is -0.654. The summed E-state index contributed by atoms with van der Waals surface area (Å²) >= 11 is 1.27. The maximum atomic E-state index is 13.9. The Balaban J connectivity index is 1.68. The van der Waals surface area contributed by atoms with Crippen LogP contribution >= 0.6 is 11.3 Å². The van der Waals surface area contributed by atoms with Gasteiger partial charge in [-0.1, -0.05) is 59.9 Å². The van der Waals surface area contributed by atoms with Crippen molar-refractivity contribution in [2.24, 2.45) is 4.99 Å². The first kappa shape index (κ1) is 25.4. The molecule has 8 nitrogen and oxygen atoms in total. The van der Waals surface area contributed by atoms with E-state index in [1.165, 1.54) is 11.3 Å². The largest absolute Gasteiger partial charge is 0.465 e. The predicted octanol–water partition coefficient (Wildman–Crippen LogP) is 3.32. The monoisotopic (exact) mass is 529 g/mol. The van der Waals surface area contributed by atoms with Gasteiger partial charge in [-0.15, -0.1) is 0 Å². The summed E-state index contributed by atoms with van der Waals surface area (Å²) in [6, 6.07) is 16.5. The molecule has 0 spiro atoms. The number of hydrogen-bond acceptors (Lipinski definition) is 7. The van der Waals surface area contributed by atoms with Crippen LogP contribution in [0.25, 0.3) is 17.0 Å². The Bertz CT molecular complexity index is 1740. The lowest BCUT2D eigenvalue weighted by molar-refractivity contribution is -0.143. The number of carbonyl (C=O) groups excluding carboxylic acids is 2. The first-order valence-electron chi connectivity index (χ1n) is 12.4. The van der Waals surface area contributed by atoms with E-state index in [2.05, 4.69) is 4.99 Å². The highest BCUT2D eigenvalue weighted by molar-refractivity contribution is 7.07. The zero-order chi connectivity index (χ0) is 26.8. The lowest BCUT2D eigenvalue weighted by atomic mass is 9.96. The van der Waals surface area contributed by atoms with Crippen molar-refractivity contribution < 1.29 is 19.1 Å². The summed E-state index contributed by atoms with van der Waals surface area (Å²) in [7, 11) is 0. The lowest BCUT2D eigenvalue weighted by Crippen LogP contribution is -2.39. The molecular formula is C29H27N3O5S. The average Bonchev–Trinajstić information content (AvgIpc) is 3.40. The molecule has 1 atom stereocenters. The Labute approximate surface area is 222 Å². The average molecular weight is 530 g/mol. The van der Waals surface area contributed by atoms with Gasteiger partial charge < -0.3 is 14.0 Å². The minimum absolute atomic E-state index is 0.0690. The van der Waals surface area contributed by atoms with E-state index < -0.39 is 12.0 Å². The molecule has 9 heteroatoms. The number of para-hydroxylation sites is 1. The van der Waals surface area contributed by atoms with Gasteiger partial charge in [0.15, 0.2) is 4.80 Å². The van der Waals surface area contributed by atoms with Crippen molar-refractivity contribution in [2.45, 2.75) is 33.4 Å². The molecule has 1 aliphatic rings.